The van der Waals surface area contributed by atoms with E-state index in [0.29, 0.717) is 5.75 Å². The van der Waals surface area contributed by atoms with E-state index < -0.39 is 0 Å². The van der Waals surface area contributed by atoms with Gasteiger partial charge in [-0.3, -0.25) is 4.90 Å². The third-order valence-electron chi connectivity index (χ3n) is 5.50. The van der Waals surface area contributed by atoms with E-state index in [1.807, 2.05) is 31.2 Å². The Balaban J connectivity index is 0.00000225. The molecule has 1 aliphatic heterocycles. The van der Waals surface area contributed by atoms with E-state index in [4.69, 9.17) is 9.47 Å². The highest BCUT2D eigenvalue weighted by atomic mass is 35.5. The van der Waals surface area contributed by atoms with Gasteiger partial charge in [-0.1, -0.05) is 26.0 Å². The number of aromatic hydroxyl groups is 1. The van der Waals surface area contributed by atoms with Gasteiger partial charge in [0.25, 0.3) is 0 Å². The van der Waals surface area contributed by atoms with Crippen LogP contribution in [-0.4, -0.2) is 49.5 Å². The molecule has 0 radical (unpaired) electrons. The Morgan fingerprint density at radius 2 is 1.57 bits per heavy atom. The van der Waals surface area contributed by atoms with Crippen LogP contribution in [0.1, 0.15) is 37.8 Å². The number of piperazine rings is 1. The number of phenolic OH excluding ortho intramolecular Hbond substituents is 1. The number of aryl methyl sites for hydroxylation is 1. The predicted octanol–water partition coefficient (Wildman–Crippen LogP) is 5.22. The molecular weight excluding hydrogens is 423 g/mol. The largest absolute Gasteiger partial charge is 0.508 e. The van der Waals surface area contributed by atoms with E-state index in [9.17, 15) is 5.11 Å². The number of benzene rings is 2. The number of nitrogens with zero attached hydrogens (tertiary/aromatic N) is 2. The number of halogens is 2. The fourth-order valence-corrected chi connectivity index (χ4v) is 3.72. The fraction of sp³-hybridized carbons (Fsp3) is 0.478. The van der Waals surface area contributed by atoms with E-state index in [2.05, 4.69) is 42.7 Å². The molecule has 1 fully saturated rings. The molecule has 0 aromatic heterocycles. The van der Waals surface area contributed by atoms with Crippen molar-refractivity contribution in [3.63, 3.8) is 0 Å². The topological polar surface area (TPSA) is 45.2 Å². The molecule has 1 aliphatic rings. The Morgan fingerprint density at radius 3 is 2.17 bits per heavy atom. The van der Waals surface area contributed by atoms with Crippen LogP contribution in [0.3, 0.4) is 0 Å². The van der Waals surface area contributed by atoms with Gasteiger partial charge in [0, 0.05) is 31.7 Å². The monoisotopic (exact) mass is 456 g/mol. The lowest BCUT2D eigenvalue weighted by Gasteiger charge is -2.39. The Hall–Kier alpha value is -1.82. The van der Waals surface area contributed by atoms with Crippen LogP contribution in [0.5, 0.6) is 17.2 Å². The molecule has 30 heavy (non-hydrogen) atoms. The molecule has 1 unspecified atom stereocenters. The lowest BCUT2D eigenvalue weighted by atomic mass is 10.00. The smallest absolute Gasteiger partial charge is 0.149 e. The molecule has 2 aromatic rings. The van der Waals surface area contributed by atoms with Gasteiger partial charge in [0.1, 0.15) is 23.5 Å². The molecule has 7 heteroatoms. The van der Waals surface area contributed by atoms with Gasteiger partial charge in [-0.15, -0.1) is 24.8 Å². The van der Waals surface area contributed by atoms with Crippen molar-refractivity contribution in [2.45, 2.75) is 39.8 Å². The summed E-state index contributed by atoms with van der Waals surface area (Å²) < 4.78 is 11.8. The minimum absolute atomic E-state index is 0. The van der Waals surface area contributed by atoms with E-state index in [1.54, 1.807) is 7.11 Å². The quantitative estimate of drug-likeness (QED) is 0.644. The first-order valence-electron chi connectivity index (χ1n) is 10.0. The van der Waals surface area contributed by atoms with Gasteiger partial charge in [-0.05, 0) is 49.6 Å². The number of phenols is 1. The third-order valence-corrected chi connectivity index (χ3v) is 5.50. The van der Waals surface area contributed by atoms with Crippen LogP contribution in [-0.2, 0) is 0 Å². The summed E-state index contributed by atoms with van der Waals surface area (Å²) in [5.41, 5.74) is 3.03. The maximum atomic E-state index is 10.1. The van der Waals surface area contributed by atoms with E-state index >= 15 is 0 Å². The van der Waals surface area contributed by atoms with Crippen LogP contribution in [0.25, 0.3) is 0 Å². The lowest BCUT2D eigenvalue weighted by Crippen LogP contribution is -2.51. The van der Waals surface area contributed by atoms with Gasteiger partial charge in [0.05, 0.1) is 12.8 Å². The van der Waals surface area contributed by atoms with Crippen LogP contribution in [0, 0.1) is 6.92 Å². The highest BCUT2D eigenvalue weighted by Gasteiger charge is 2.24. The number of para-hydroxylation sites is 2. The summed E-state index contributed by atoms with van der Waals surface area (Å²) in [5, 5.41) is 10.1. The number of methoxy groups -OCH3 is 1. The Kier molecular flexibility index (Phi) is 10.1. The van der Waals surface area contributed by atoms with Crippen molar-refractivity contribution in [1.29, 1.82) is 0 Å². The molecule has 168 valence electrons. The zero-order valence-corrected chi connectivity index (χ0v) is 20.1. The van der Waals surface area contributed by atoms with Crippen LogP contribution in [0.2, 0.25) is 0 Å². The van der Waals surface area contributed by atoms with Crippen molar-refractivity contribution in [2.24, 2.45) is 0 Å². The Labute approximate surface area is 192 Å². The van der Waals surface area contributed by atoms with Crippen molar-refractivity contribution < 1.29 is 14.6 Å². The third kappa shape index (κ3) is 5.87. The fourth-order valence-electron chi connectivity index (χ4n) is 3.72. The van der Waals surface area contributed by atoms with E-state index in [-0.39, 0.29) is 37.0 Å². The summed E-state index contributed by atoms with van der Waals surface area (Å²) in [6.45, 7) is 12.0. The molecule has 1 heterocycles. The zero-order chi connectivity index (χ0) is 20.3. The summed E-state index contributed by atoms with van der Waals surface area (Å²) in [5.74, 6) is 2.40. The molecule has 2 aromatic carbocycles. The summed E-state index contributed by atoms with van der Waals surface area (Å²) in [7, 11) is 1.72. The molecule has 1 saturated heterocycles. The number of hydrogen-bond acceptors (Lipinski definition) is 5. The van der Waals surface area contributed by atoms with Crippen molar-refractivity contribution >= 4 is 30.5 Å². The summed E-state index contributed by atoms with van der Waals surface area (Å²) in [4.78, 5) is 4.73. The second-order valence-electron chi connectivity index (χ2n) is 7.74. The molecular formula is C23H34Cl2N2O3. The van der Waals surface area contributed by atoms with Gasteiger partial charge in [-0.2, -0.15) is 0 Å². The maximum absolute atomic E-state index is 10.1. The SMILES string of the molecule is COc1ccccc1N1CCN(C(C)Oc2cc(C)c(O)cc2C(C)C)CC1.Cl.Cl. The highest BCUT2D eigenvalue weighted by Crippen LogP contribution is 2.34. The molecule has 0 aliphatic carbocycles. The molecule has 1 N–H and O–H groups in total. The molecule has 0 amide bonds. The van der Waals surface area contributed by atoms with Gasteiger partial charge in [0.2, 0.25) is 0 Å². The molecule has 5 nitrogen and oxygen atoms in total. The van der Waals surface area contributed by atoms with E-state index in [1.165, 1.54) is 0 Å². The molecule has 0 spiro atoms. The number of anilines is 1. The molecule has 3 rings (SSSR count). The van der Waals surface area contributed by atoms with Crippen molar-refractivity contribution in [3.8, 4) is 17.2 Å². The number of hydrogen-bond donors (Lipinski definition) is 1. The summed E-state index contributed by atoms with van der Waals surface area (Å²) >= 11 is 0. The number of rotatable bonds is 6. The molecule has 0 bridgehead atoms. The first-order valence-corrected chi connectivity index (χ1v) is 10.0. The Bertz CT molecular complexity index is 809. The van der Waals surface area contributed by atoms with Crippen LogP contribution < -0.4 is 14.4 Å². The average Bonchev–Trinajstić information content (AvgIpc) is 2.70. The minimum atomic E-state index is -0.0266. The van der Waals surface area contributed by atoms with E-state index in [0.717, 1.165) is 54.5 Å². The van der Waals surface area contributed by atoms with Gasteiger partial charge < -0.3 is 19.5 Å². The Morgan fingerprint density at radius 1 is 0.933 bits per heavy atom. The summed E-state index contributed by atoms with van der Waals surface area (Å²) in [6.07, 6.45) is -0.0266. The molecule has 0 saturated carbocycles. The second-order valence-corrected chi connectivity index (χ2v) is 7.74. The maximum Gasteiger partial charge on any atom is 0.149 e. The van der Waals surface area contributed by atoms with Crippen LogP contribution >= 0.6 is 24.8 Å². The van der Waals surface area contributed by atoms with Crippen molar-refractivity contribution in [2.75, 3.05) is 38.2 Å². The number of ether oxygens (including phenoxy) is 2. The van der Waals surface area contributed by atoms with Crippen LogP contribution in [0.15, 0.2) is 36.4 Å². The van der Waals surface area contributed by atoms with Crippen molar-refractivity contribution in [1.82, 2.24) is 4.90 Å². The van der Waals surface area contributed by atoms with Gasteiger partial charge in [0.15, 0.2) is 0 Å². The minimum Gasteiger partial charge on any atom is -0.508 e. The lowest BCUT2D eigenvalue weighted by molar-refractivity contribution is 0.0347. The van der Waals surface area contributed by atoms with Gasteiger partial charge >= 0.3 is 0 Å². The predicted molar refractivity (Wildman–Crippen MR) is 128 cm³/mol. The van der Waals surface area contributed by atoms with Gasteiger partial charge in [-0.25, -0.2) is 0 Å². The zero-order valence-electron chi connectivity index (χ0n) is 18.4. The normalized spacial score (nSPS) is 15.2. The molecule has 1 atom stereocenters. The average molecular weight is 457 g/mol. The second kappa shape index (κ2) is 11.5. The highest BCUT2D eigenvalue weighted by molar-refractivity contribution is 5.85. The van der Waals surface area contributed by atoms with Crippen LogP contribution in [0.4, 0.5) is 5.69 Å². The standard InChI is InChI=1S/C23H32N2O3.2ClH/c1-16(2)19-15-21(26)17(3)14-23(19)28-18(4)24-10-12-25(13-11-24)20-8-6-7-9-22(20)27-5;;/h6-9,14-16,18,26H,10-13H2,1-5H3;2*1H. The first kappa shape index (κ1) is 26.2. The summed E-state index contributed by atoms with van der Waals surface area (Å²) in [6, 6.07) is 12.0. The van der Waals surface area contributed by atoms with Crippen molar-refractivity contribution in [3.05, 3.63) is 47.5 Å². The first-order chi connectivity index (χ1) is 13.4.